The lowest BCUT2D eigenvalue weighted by Crippen LogP contribution is -2.30. The van der Waals surface area contributed by atoms with E-state index in [1.165, 1.54) is 11.1 Å². The highest BCUT2D eigenvalue weighted by Gasteiger charge is 2.26. The number of carbonyl (C=O) groups is 1. The number of benzene rings is 1. The van der Waals surface area contributed by atoms with Gasteiger partial charge in [0.2, 0.25) is 0 Å². The van der Waals surface area contributed by atoms with E-state index in [4.69, 9.17) is 4.74 Å². The molecule has 0 aromatic heterocycles. The zero-order chi connectivity index (χ0) is 13.9. The minimum Gasteiger partial charge on any atom is -0.483 e. The van der Waals surface area contributed by atoms with Crippen molar-refractivity contribution in [1.82, 2.24) is 10.6 Å². The monoisotopic (exact) mass is 274 g/mol. The van der Waals surface area contributed by atoms with Gasteiger partial charge in [-0.3, -0.25) is 4.79 Å². The first-order chi connectivity index (χ1) is 9.78. The largest absolute Gasteiger partial charge is 0.483 e. The Balaban J connectivity index is 1.63. The first kappa shape index (κ1) is 13.4. The second-order valence-electron chi connectivity index (χ2n) is 5.60. The van der Waals surface area contributed by atoms with E-state index in [1.807, 2.05) is 12.1 Å². The van der Waals surface area contributed by atoms with Crippen molar-refractivity contribution in [2.24, 2.45) is 0 Å². The third-order valence-corrected chi connectivity index (χ3v) is 3.98. The molecule has 1 unspecified atom stereocenters. The number of carbonyl (C=O) groups excluding carboxylic acids is 1. The maximum Gasteiger partial charge on any atom is 0.258 e. The molecule has 0 aliphatic heterocycles. The molecule has 108 valence electrons. The van der Waals surface area contributed by atoms with Crippen LogP contribution in [0.4, 0.5) is 0 Å². The predicted molar refractivity (Wildman–Crippen MR) is 77.8 cm³/mol. The second-order valence-corrected chi connectivity index (χ2v) is 5.60. The maximum atomic E-state index is 11.7. The molecule has 4 nitrogen and oxygen atoms in total. The van der Waals surface area contributed by atoms with Crippen LogP contribution in [0.3, 0.4) is 0 Å². The van der Waals surface area contributed by atoms with Crippen molar-refractivity contribution in [2.45, 2.75) is 44.7 Å². The number of ether oxygens (including phenoxy) is 1. The van der Waals surface area contributed by atoms with E-state index < -0.39 is 0 Å². The Morgan fingerprint density at radius 3 is 2.95 bits per heavy atom. The molecule has 2 aliphatic rings. The molecule has 3 rings (SSSR count). The van der Waals surface area contributed by atoms with E-state index in [2.05, 4.69) is 23.6 Å². The molecule has 0 bridgehead atoms. The minimum absolute atomic E-state index is 0.00802. The van der Waals surface area contributed by atoms with E-state index in [0.717, 1.165) is 38.0 Å². The summed E-state index contributed by atoms with van der Waals surface area (Å²) in [5.74, 6) is 0.861. The molecule has 2 aliphatic carbocycles. The van der Waals surface area contributed by atoms with Crippen LogP contribution in [-0.2, 0) is 11.2 Å². The van der Waals surface area contributed by atoms with Gasteiger partial charge in [-0.15, -0.1) is 0 Å². The summed E-state index contributed by atoms with van der Waals surface area (Å²) in [5, 5.41) is 6.44. The first-order valence-electron chi connectivity index (χ1n) is 7.55. The first-order valence-corrected chi connectivity index (χ1v) is 7.55. The molecule has 0 spiro atoms. The third kappa shape index (κ3) is 2.96. The molecule has 20 heavy (non-hydrogen) atoms. The van der Waals surface area contributed by atoms with Crippen molar-refractivity contribution < 1.29 is 9.53 Å². The van der Waals surface area contributed by atoms with Gasteiger partial charge in [0.25, 0.3) is 5.91 Å². The molecule has 0 heterocycles. The smallest absolute Gasteiger partial charge is 0.258 e. The molecule has 4 heteroatoms. The number of hydrogen-bond acceptors (Lipinski definition) is 3. The van der Waals surface area contributed by atoms with Gasteiger partial charge in [-0.05, 0) is 49.4 Å². The molecule has 1 saturated carbocycles. The highest BCUT2D eigenvalue weighted by molar-refractivity contribution is 5.78. The lowest BCUT2D eigenvalue weighted by molar-refractivity contribution is -0.123. The second kappa shape index (κ2) is 5.83. The van der Waals surface area contributed by atoms with Gasteiger partial charge < -0.3 is 15.4 Å². The van der Waals surface area contributed by atoms with E-state index in [9.17, 15) is 4.79 Å². The van der Waals surface area contributed by atoms with Crippen LogP contribution in [0.5, 0.6) is 5.75 Å². The summed E-state index contributed by atoms with van der Waals surface area (Å²) in [4.78, 5) is 11.7. The van der Waals surface area contributed by atoms with Crippen molar-refractivity contribution in [2.75, 3.05) is 13.2 Å². The summed E-state index contributed by atoms with van der Waals surface area (Å²) in [6.07, 6.45) is 4.35. The molecule has 0 saturated heterocycles. The van der Waals surface area contributed by atoms with E-state index in [-0.39, 0.29) is 12.5 Å². The quantitative estimate of drug-likeness (QED) is 0.833. The van der Waals surface area contributed by atoms with Crippen molar-refractivity contribution >= 4 is 5.91 Å². The van der Waals surface area contributed by atoms with Gasteiger partial charge in [-0.25, -0.2) is 0 Å². The van der Waals surface area contributed by atoms with Gasteiger partial charge in [0.05, 0.1) is 0 Å². The van der Waals surface area contributed by atoms with Gasteiger partial charge >= 0.3 is 0 Å². The fraction of sp³-hybridized carbons (Fsp3) is 0.562. The molecular formula is C16H22N2O2. The lowest BCUT2D eigenvalue weighted by atomic mass is 10.1. The van der Waals surface area contributed by atoms with Crippen LogP contribution in [-0.4, -0.2) is 25.1 Å². The highest BCUT2D eigenvalue weighted by Crippen LogP contribution is 2.36. The topological polar surface area (TPSA) is 50.4 Å². The molecule has 1 aromatic carbocycles. The molecular weight excluding hydrogens is 252 g/mol. The standard InChI is InChI=1S/C16H22N2O2/c1-2-17-14-9-8-13-12(14)4-3-5-15(13)20-10-16(19)18-11-6-7-11/h3-5,11,14,17H,2,6-10H2,1H3,(H,18,19). The molecule has 2 N–H and O–H groups in total. The summed E-state index contributed by atoms with van der Waals surface area (Å²) in [6.45, 7) is 3.22. The van der Waals surface area contributed by atoms with Crippen molar-refractivity contribution in [3.63, 3.8) is 0 Å². The van der Waals surface area contributed by atoms with Crippen LogP contribution in [0.25, 0.3) is 0 Å². The van der Waals surface area contributed by atoms with Gasteiger partial charge in [0.1, 0.15) is 5.75 Å². The van der Waals surface area contributed by atoms with Crippen molar-refractivity contribution in [1.29, 1.82) is 0 Å². The summed E-state index contributed by atoms with van der Waals surface area (Å²) in [6, 6.07) is 6.97. The van der Waals surface area contributed by atoms with Crippen LogP contribution in [0.15, 0.2) is 18.2 Å². The molecule has 1 atom stereocenters. The van der Waals surface area contributed by atoms with Gasteiger partial charge in [-0.2, -0.15) is 0 Å². The Kier molecular flexibility index (Phi) is 3.92. The summed E-state index contributed by atoms with van der Waals surface area (Å²) >= 11 is 0. The van der Waals surface area contributed by atoms with Crippen LogP contribution in [0.1, 0.15) is 43.4 Å². The normalized spacial score (nSPS) is 20.6. The van der Waals surface area contributed by atoms with Gasteiger partial charge in [-0.1, -0.05) is 19.1 Å². The highest BCUT2D eigenvalue weighted by atomic mass is 16.5. The number of fused-ring (bicyclic) bond motifs is 1. The maximum absolute atomic E-state index is 11.7. The Hall–Kier alpha value is -1.55. The van der Waals surface area contributed by atoms with E-state index >= 15 is 0 Å². The van der Waals surface area contributed by atoms with E-state index in [0.29, 0.717) is 12.1 Å². The molecule has 1 amide bonds. The van der Waals surface area contributed by atoms with Crippen LogP contribution >= 0.6 is 0 Å². The van der Waals surface area contributed by atoms with Crippen LogP contribution in [0, 0.1) is 0 Å². The third-order valence-electron chi connectivity index (χ3n) is 3.98. The van der Waals surface area contributed by atoms with Crippen molar-refractivity contribution in [3.05, 3.63) is 29.3 Å². The Morgan fingerprint density at radius 1 is 1.35 bits per heavy atom. The van der Waals surface area contributed by atoms with Gasteiger partial charge in [0, 0.05) is 12.1 Å². The zero-order valence-electron chi connectivity index (χ0n) is 11.9. The molecule has 1 fully saturated rings. The zero-order valence-corrected chi connectivity index (χ0v) is 11.9. The average Bonchev–Trinajstić information content (AvgIpc) is 3.16. The lowest BCUT2D eigenvalue weighted by Gasteiger charge is -2.14. The molecule has 0 radical (unpaired) electrons. The van der Waals surface area contributed by atoms with Gasteiger partial charge in [0.15, 0.2) is 6.61 Å². The van der Waals surface area contributed by atoms with Crippen LogP contribution in [0.2, 0.25) is 0 Å². The Morgan fingerprint density at radius 2 is 2.20 bits per heavy atom. The Labute approximate surface area is 119 Å². The fourth-order valence-corrected chi connectivity index (χ4v) is 2.85. The number of rotatable bonds is 6. The Bertz CT molecular complexity index is 497. The van der Waals surface area contributed by atoms with E-state index in [1.54, 1.807) is 0 Å². The van der Waals surface area contributed by atoms with Crippen molar-refractivity contribution in [3.8, 4) is 5.75 Å². The fourth-order valence-electron chi connectivity index (χ4n) is 2.85. The predicted octanol–water partition coefficient (Wildman–Crippen LogP) is 1.94. The van der Waals surface area contributed by atoms with Crippen LogP contribution < -0.4 is 15.4 Å². The summed E-state index contributed by atoms with van der Waals surface area (Å²) < 4.78 is 5.73. The minimum atomic E-state index is -0.00802. The number of nitrogens with one attached hydrogen (secondary N) is 2. The summed E-state index contributed by atoms with van der Waals surface area (Å²) in [7, 11) is 0. The SMILES string of the molecule is CCNC1CCc2c(OCC(=O)NC3CC3)cccc21. The number of hydrogen-bond donors (Lipinski definition) is 2. The number of amides is 1. The average molecular weight is 274 g/mol. The molecule has 1 aromatic rings. The summed E-state index contributed by atoms with van der Waals surface area (Å²) in [5.41, 5.74) is 2.59.